The highest BCUT2D eigenvalue weighted by molar-refractivity contribution is 6.30. The third kappa shape index (κ3) is 4.61. The minimum absolute atomic E-state index is 0.716. The van der Waals surface area contributed by atoms with E-state index in [1.165, 1.54) is 11.1 Å². The lowest BCUT2D eigenvalue weighted by molar-refractivity contribution is 0.243. The fourth-order valence-electron chi connectivity index (χ4n) is 4.57. The topological polar surface area (TPSA) is 46.8 Å². The van der Waals surface area contributed by atoms with E-state index in [2.05, 4.69) is 52.5 Å². The van der Waals surface area contributed by atoms with E-state index in [1.54, 1.807) is 0 Å². The van der Waals surface area contributed by atoms with Crippen molar-refractivity contribution in [2.45, 2.75) is 19.5 Å². The van der Waals surface area contributed by atoms with Crippen LogP contribution in [-0.2, 0) is 19.5 Å². The van der Waals surface area contributed by atoms with Gasteiger partial charge >= 0.3 is 0 Å². The van der Waals surface area contributed by atoms with Crippen LogP contribution in [-0.4, -0.2) is 31.2 Å². The number of aromatic nitrogens is 4. The average molecular weight is 478 g/mol. The van der Waals surface area contributed by atoms with E-state index in [1.807, 2.05) is 59.4 Å². The lowest BCUT2D eigenvalue weighted by Gasteiger charge is -2.28. The Balaban J connectivity index is 1.26. The molecule has 1 aliphatic rings. The number of para-hydroxylation sites is 1. The second kappa shape index (κ2) is 9.45. The molecule has 0 saturated carbocycles. The molecule has 6 rings (SSSR count). The maximum Gasteiger partial charge on any atom is 0.159 e. The zero-order chi connectivity index (χ0) is 23.6. The summed E-state index contributed by atoms with van der Waals surface area (Å²) in [5.74, 6) is 0.754. The molecule has 0 aliphatic carbocycles. The molecule has 1 aliphatic heterocycles. The first-order valence-electron chi connectivity index (χ1n) is 11.8. The number of rotatable bonds is 5. The Kier molecular flexibility index (Phi) is 5.86. The predicted molar refractivity (Wildman–Crippen MR) is 139 cm³/mol. The van der Waals surface area contributed by atoms with Gasteiger partial charge in [-0.15, -0.1) is 0 Å². The highest BCUT2D eigenvalue weighted by atomic mass is 35.5. The molecule has 3 heterocycles. The Morgan fingerprint density at radius 3 is 2.34 bits per heavy atom. The van der Waals surface area contributed by atoms with Crippen LogP contribution < -0.4 is 0 Å². The van der Waals surface area contributed by atoms with Crippen molar-refractivity contribution in [2.24, 2.45) is 0 Å². The molecule has 3 aromatic carbocycles. The van der Waals surface area contributed by atoms with Crippen LogP contribution in [0.1, 0.15) is 16.8 Å². The molecule has 0 bridgehead atoms. The van der Waals surface area contributed by atoms with Gasteiger partial charge in [0.2, 0.25) is 0 Å². The van der Waals surface area contributed by atoms with Crippen LogP contribution in [0.2, 0.25) is 5.02 Å². The molecule has 6 heteroatoms. The SMILES string of the molecule is Clc1ccc(-c2ncc3c(n2)CCN(Cc2cn(-c4ccccc4)nc2-c2ccccc2)C3)cc1. The summed E-state index contributed by atoms with van der Waals surface area (Å²) in [6, 6.07) is 28.4. The molecule has 0 atom stereocenters. The van der Waals surface area contributed by atoms with Crippen LogP contribution in [0.25, 0.3) is 28.3 Å². The van der Waals surface area contributed by atoms with Crippen molar-refractivity contribution in [3.63, 3.8) is 0 Å². The van der Waals surface area contributed by atoms with E-state index in [0.717, 1.165) is 60.1 Å². The first-order valence-corrected chi connectivity index (χ1v) is 12.1. The van der Waals surface area contributed by atoms with E-state index in [-0.39, 0.29) is 0 Å². The summed E-state index contributed by atoms with van der Waals surface area (Å²) in [5, 5.41) is 5.68. The van der Waals surface area contributed by atoms with Crippen molar-refractivity contribution in [1.82, 2.24) is 24.6 Å². The first-order chi connectivity index (χ1) is 17.2. The third-order valence-electron chi connectivity index (χ3n) is 6.37. The van der Waals surface area contributed by atoms with Gasteiger partial charge in [0.25, 0.3) is 0 Å². The predicted octanol–water partition coefficient (Wildman–Crippen LogP) is 6.21. The van der Waals surface area contributed by atoms with Crippen molar-refractivity contribution >= 4 is 11.6 Å². The second-order valence-corrected chi connectivity index (χ2v) is 9.22. The second-order valence-electron chi connectivity index (χ2n) is 8.78. The minimum Gasteiger partial charge on any atom is -0.294 e. The van der Waals surface area contributed by atoms with Crippen LogP contribution >= 0.6 is 11.6 Å². The molecule has 0 spiro atoms. The van der Waals surface area contributed by atoms with Gasteiger partial charge in [-0.3, -0.25) is 4.90 Å². The quantitative estimate of drug-likeness (QED) is 0.302. The van der Waals surface area contributed by atoms with Crippen LogP contribution in [0, 0.1) is 0 Å². The maximum absolute atomic E-state index is 6.03. The molecule has 0 amide bonds. The monoisotopic (exact) mass is 477 g/mol. The van der Waals surface area contributed by atoms with Crippen LogP contribution in [0.15, 0.2) is 97.3 Å². The lowest BCUT2D eigenvalue weighted by atomic mass is 10.0. The Morgan fingerprint density at radius 1 is 0.829 bits per heavy atom. The highest BCUT2D eigenvalue weighted by Gasteiger charge is 2.21. The summed E-state index contributed by atoms with van der Waals surface area (Å²) >= 11 is 6.03. The number of hydrogen-bond donors (Lipinski definition) is 0. The van der Waals surface area contributed by atoms with Gasteiger partial charge in [-0.25, -0.2) is 14.6 Å². The molecule has 0 radical (unpaired) electrons. The third-order valence-corrected chi connectivity index (χ3v) is 6.62. The normalized spacial score (nSPS) is 13.5. The summed E-state index contributed by atoms with van der Waals surface area (Å²) in [6.45, 7) is 2.57. The summed E-state index contributed by atoms with van der Waals surface area (Å²) in [7, 11) is 0. The van der Waals surface area contributed by atoms with E-state index in [9.17, 15) is 0 Å². The molecule has 2 aromatic heterocycles. The average Bonchev–Trinajstić information content (AvgIpc) is 3.33. The molecule has 172 valence electrons. The Labute approximate surface area is 209 Å². The molecule has 0 saturated heterocycles. The van der Waals surface area contributed by atoms with Crippen LogP contribution in [0.3, 0.4) is 0 Å². The van der Waals surface area contributed by atoms with Crippen molar-refractivity contribution in [3.8, 4) is 28.3 Å². The summed E-state index contributed by atoms with van der Waals surface area (Å²) < 4.78 is 1.98. The fraction of sp³-hybridized carbons (Fsp3) is 0.138. The highest BCUT2D eigenvalue weighted by Crippen LogP contribution is 2.28. The summed E-state index contributed by atoms with van der Waals surface area (Å²) in [4.78, 5) is 12.0. The van der Waals surface area contributed by atoms with Crippen molar-refractivity contribution in [2.75, 3.05) is 6.54 Å². The standard InChI is InChI=1S/C29H24ClN5/c30-25-13-11-22(12-14-25)29-31-17-23-18-34(16-15-27(23)32-29)19-24-20-35(26-9-5-2-6-10-26)33-28(24)21-7-3-1-4-8-21/h1-14,17,20H,15-16,18-19H2. The van der Waals surface area contributed by atoms with Gasteiger partial charge in [0.1, 0.15) is 0 Å². The van der Waals surface area contributed by atoms with Gasteiger partial charge in [0.05, 0.1) is 17.1 Å². The number of nitrogens with zero attached hydrogens (tertiary/aromatic N) is 5. The van der Waals surface area contributed by atoms with Gasteiger partial charge in [-0.1, -0.05) is 60.1 Å². The van der Waals surface area contributed by atoms with Crippen molar-refractivity contribution in [1.29, 1.82) is 0 Å². The van der Waals surface area contributed by atoms with E-state index < -0.39 is 0 Å². The Hall–Kier alpha value is -3.80. The van der Waals surface area contributed by atoms with Crippen LogP contribution in [0.4, 0.5) is 0 Å². The number of fused-ring (bicyclic) bond motifs is 1. The number of benzene rings is 3. The summed E-state index contributed by atoms with van der Waals surface area (Å²) in [5.41, 5.74) is 7.72. The molecule has 5 nitrogen and oxygen atoms in total. The van der Waals surface area contributed by atoms with Gasteiger partial charge in [0.15, 0.2) is 5.82 Å². The summed E-state index contributed by atoms with van der Waals surface area (Å²) in [6.07, 6.45) is 5.03. The molecule has 0 fully saturated rings. The van der Waals surface area contributed by atoms with E-state index in [4.69, 9.17) is 21.7 Å². The molecule has 35 heavy (non-hydrogen) atoms. The zero-order valence-corrected chi connectivity index (χ0v) is 19.9. The number of hydrogen-bond acceptors (Lipinski definition) is 4. The van der Waals surface area contributed by atoms with Crippen molar-refractivity contribution in [3.05, 3.63) is 119 Å². The minimum atomic E-state index is 0.716. The van der Waals surface area contributed by atoms with Crippen LogP contribution in [0.5, 0.6) is 0 Å². The Bertz CT molecular complexity index is 1450. The number of halogens is 1. The molecular formula is C29H24ClN5. The maximum atomic E-state index is 6.03. The first kappa shape index (κ1) is 21.7. The molecule has 5 aromatic rings. The largest absolute Gasteiger partial charge is 0.294 e. The van der Waals surface area contributed by atoms with E-state index >= 15 is 0 Å². The fourth-order valence-corrected chi connectivity index (χ4v) is 4.69. The van der Waals surface area contributed by atoms with Crippen molar-refractivity contribution < 1.29 is 0 Å². The molecule has 0 unspecified atom stereocenters. The van der Waals surface area contributed by atoms with Gasteiger partial charge < -0.3 is 0 Å². The lowest BCUT2D eigenvalue weighted by Crippen LogP contribution is -2.31. The van der Waals surface area contributed by atoms with Gasteiger partial charge in [-0.05, 0) is 36.4 Å². The smallest absolute Gasteiger partial charge is 0.159 e. The molecular weight excluding hydrogens is 454 g/mol. The Morgan fingerprint density at radius 2 is 1.57 bits per heavy atom. The van der Waals surface area contributed by atoms with Gasteiger partial charge in [0, 0.05) is 65.7 Å². The zero-order valence-electron chi connectivity index (χ0n) is 19.2. The van der Waals surface area contributed by atoms with E-state index in [0.29, 0.717) is 5.02 Å². The molecule has 0 N–H and O–H groups in total. The van der Waals surface area contributed by atoms with Gasteiger partial charge in [-0.2, -0.15) is 5.10 Å².